The van der Waals surface area contributed by atoms with E-state index in [0.717, 1.165) is 28.7 Å². The summed E-state index contributed by atoms with van der Waals surface area (Å²) in [7, 11) is 0. The van der Waals surface area contributed by atoms with Crippen LogP contribution in [-0.4, -0.2) is 11.1 Å². The first kappa shape index (κ1) is 15.6. The number of aliphatic carboxylic acids is 1. The van der Waals surface area contributed by atoms with Crippen LogP contribution in [0.15, 0.2) is 42.5 Å². The summed E-state index contributed by atoms with van der Waals surface area (Å²) in [4.78, 5) is 11.5. The third kappa shape index (κ3) is 3.27. The highest BCUT2D eigenvalue weighted by atomic mass is 35.5. The van der Waals surface area contributed by atoms with Crippen molar-refractivity contribution in [2.24, 2.45) is 0 Å². The summed E-state index contributed by atoms with van der Waals surface area (Å²) in [5.74, 6) is -1.22. The summed E-state index contributed by atoms with van der Waals surface area (Å²) >= 11 is 5.94. The fourth-order valence-corrected chi connectivity index (χ4v) is 2.88. The number of benzene rings is 2. The topological polar surface area (TPSA) is 37.3 Å². The van der Waals surface area contributed by atoms with Crippen LogP contribution >= 0.6 is 11.6 Å². The van der Waals surface area contributed by atoms with E-state index in [4.69, 9.17) is 11.6 Å². The maximum absolute atomic E-state index is 11.5. The number of carboxylic acid groups (broad SMARTS) is 1. The molecule has 0 heterocycles. The lowest BCUT2D eigenvalue weighted by Gasteiger charge is -2.18. The van der Waals surface area contributed by atoms with Gasteiger partial charge in [0.2, 0.25) is 0 Å². The first-order chi connectivity index (χ1) is 10.1. The van der Waals surface area contributed by atoms with Crippen LogP contribution in [0.2, 0.25) is 5.02 Å². The van der Waals surface area contributed by atoms with Gasteiger partial charge in [0, 0.05) is 5.02 Å². The van der Waals surface area contributed by atoms with Crippen molar-refractivity contribution in [1.29, 1.82) is 0 Å². The van der Waals surface area contributed by atoms with Gasteiger partial charge >= 0.3 is 5.97 Å². The van der Waals surface area contributed by atoms with Crippen molar-refractivity contribution in [2.45, 2.75) is 32.6 Å². The van der Waals surface area contributed by atoms with Gasteiger partial charge in [-0.25, -0.2) is 0 Å². The minimum atomic E-state index is -0.763. The number of halogens is 1. The van der Waals surface area contributed by atoms with Gasteiger partial charge < -0.3 is 5.11 Å². The van der Waals surface area contributed by atoms with Crippen molar-refractivity contribution in [2.75, 3.05) is 0 Å². The maximum Gasteiger partial charge on any atom is 0.310 e. The third-order valence-electron chi connectivity index (χ3n) is 3.80. The molecule has 0 radical (unpaired) electrons. The molecule has 0 amide bonds. The zero-order valence-corrected chi connectivity index (χ0v) is 13.0. The number of hydrogen-bond donors (Lipinski definition) is 1. The molecule has 3 heteroatoms. The van der Waals surface area contributed by atoms with Gasteiger partial charge in [0.1, 0.15) is 0 Å². The van der Waals surface area contributed by atoms with Crippen LogP contribution in [0.4, 0.5) is 0 Å². The average Bonchev–Trinajstić information content (AvgIpc) is 2.48. The van der Waals surface area contributed by atoms with Gasteiger partial charge in [-0.3, -0.25) is 4.79 Å². The maximum atomic E-state index is 11.5. The zero-order chi connectivity index (χ0) is 15.4. The molecule has 0 aliphatic heterocycles. The molecule has 2 nitrogen and oxygen atoms in total. The van der Waals surface area contributed by atoms with Crippen molar-refractivity contribution in [3.8, 4) is 11.1 Å². The summed E-state index contributed by atoms with van der Waals surface area (Å²) in [6, 6.07) is 13.6. The van der Waals surface area contributed by atoms with E-state index >= 15 is 0 Å². The molecule has 0 fully saturated rings. The molecule has 0 aliphatic carbocycles. The first-order valence-electron chi connectivity index (χ1n) is 7.19. The second-order valence-electron chi connectivity index (χ2n) is 5.03. The lowest BCUT2D eigenvalue weighted by Crippen LogP contribution is -2.13. The Hall–Kier alpha value is -1.80. The Morgan fingerprint density at radius 1 is 1.14 bits per heavy atom. The Morgan fingerprint density at radius 3 is 2.33 bits per heavy atom. The predicted octanol–water partition coefficient (Wildman–Crippen LogP) is 5.15. The molecule has 0 aromatic heterocycles. The number of carbonyl (C=O) groups is 1. The minimum Gasteiger partial charge on any atom is -0.481 e. The van der Waals surface area contributed by atoms with Gasteiger partial charge in [0.05, 0.1) is 5.92 Å². The van der Waals surface area contributed by atoms with Gasteiger partial charge in [0.15, 0.2) is 0 Å². The van der Waals surface area contributed by atoms with E-state index < -0.39 is 11.9 Å². The lowest BCUT2D eigenvalue weighted by atomic mass is 9.86. The van der Waals surface area contributed by atoms with E-state index in [-0.39, 0.29) is 0 Å². The van der Waals surface area contributed by atoms with Gasteiger partial charge in [-0.2, -0.15) is 0 Å². The zero-order valence-electron chi connectivity index (χ0n) is 12.3. The predicted molar refractivity (Wildman–Crippen MR) is 86.9 cm³/mol. The monoisotopic (exact) mass is 302 g/mol. The van der Waals surface area contributed by atoms with Crippen LogP contribution in [0.3, 0.4) is 0 Å². The van der Waals surface area contributed by atoms with Crippen LogP contribution in [0.25, 0.3) is 11.1 Å². The fraction of sp³-hybridized carbons (Fsp3) is 0.278. The highest BCUT2D eigenvalue weighted by Gasteiger charge is 2.21. The van der Waals surface area contributed by atoms with Crippen molar-refractivity contribution in [3.63, 3.8) is 0 Å². The largest absolute Gasteiger partial charge is 0.481 e. The SMILES string of the molecule is CCc1c(-c2ccc(Cl)cc2)cccc1C(CC)C(=O)O. The number of hydrogen-bond acceptors (Lipinski definition) is 1. The Balaban J connectivity index is 2.58. The van der Waals surface area contributed by atoms with Gasteiger partial charge in [-0.1, -0.05) is 55.8 Å². The number of rotatable bonds is 5. The van der Waals surface area contributed by atoms with Crippen LogP contribution in [-0.2, 0) is 11.2 Å². The van der Waals surface area contributed by atoms with Crippen LogP contribution in [0.5, 0.6) is 0 Å². The third-order valence-corrected chi connectivity index (χ3v) is 4.05. The van der Waals surface area contributed by atoms with E-state index in [9.17, 15) is 9.90 Å². The molecule has 21 heavy (non-hydrogen) atoms. The van der Waals surface area contributed by atoms with Crippen LogP contribution in [0.1, 0.15) is 37.3 Å². The number of carboxylic acids is 1. The molecular weight excluding hydrogens is 284 g/mol. The normalized spacial score (nSPS) is 12.1. The Morgan fingerprint density at radius 2 is 1.81 bits per heavy atom. The summed E-state index contributed by atoms with van der Waals surface area (Å²) < 4.78 is 0. The van der Waals surface area contributed by atoms with E-state index in [1.165, 1.54) is 0 Å². The van der Waals surface area contributed by atoms with Gasteiger partial charge in [0.25, 0.3) is 0 Å². The Bertz CT molecular complexity index is 632. The van der Waals surface area contributed by atoms with Gasteiger partial charge in [-0.15, -0.1) is 0 Å². The molecule has 0 aliphatic rings. The Kier molecular flexibility index (Phi) is 5.03. The quantitative estimate of drug-likeness (QED) is 0.829. The molecule has 0 saturated heterocycles. The van der Waals surface area contributed by atoms with Crippen LogP contribution < -0.4 is 0 Å². The molecule has 2 aromatic rings. The molecule has 0 saturated carbocycles. The highest BCUT2D eigenvalue weighted by molar-refractivity contribution is 6.30. The summed E-state index contributed by atoms with van der Waals surface area (Å²) in [5.41, 5.74) is 4.18. The molecule has 2 rings (SSSR count). The molecule has 110 valence electrons. The molecule has 1 unspecified atom stereocenters. The molecule has 2 aromatic carbocycles. The van der Waals surface area contributed by atoms with Gasteiger partial charge in [-0.05, 0) is 47.2 Å². The molecule has 1 N–H and O–H groups in total. The van der Waals surface area contributed by atoms with Crippen molar-refractivity contribution < 1.29 is 9.90 Å². The van der Waals surface area contributed by atoms with Crippen molar-refractivity contribution in [1.82, 2.24) is 0 Å². The van der Waals surface area contributed by atoms with E-state index in [2.05, 4.69) is 6.92 Å². The van der Waals surface area contributed by atoms with Crippen molar-refractivity contribution in [3.05, 3.63) is 58.6 Å². The minimum absolute atomic E-state index is 0.452. The first-order valence-corrected chi connectivity index (χ1v) is 7.56. The molecule has 0 bridgehead atoms. The van der Waals surface area contributed by atoms with E-state index in [1.807, 2.05) is 49.4 Å². The molecule has 0 spiro atoms. The molecule has 1 atom stereocenters. The van der Waals surface area contributed by atoms with E-state index in [1.54, 1.807) is 0 Å². The highest BCUT2D eigenvalue weighted by Crippen LogP contribution is 2.32. The van der Waals surface area contributed by atoms with Crippen molar-refractivity contribution >= 4 is 17.6 Å². The fourth-order valence-electron chi connectivity index (χ4n) is 2.75. The van der Waals surface area contributed by atoms with E-state index in [0.29, 0.717) is 11.4 Å². The standard InChI is InChI=1S/C18H19ClO2/c1-3-14-16(12-8-10-13(19)11-9-12)6-5-7-17(14)15(4-2)18(20)21/h5-11,15H,3-4H2,1-2H3,(H,20,21). The smallest absolute Gasteiger partial charge is 0.310 e. The second kappa shape index (κ2) is 6.77. The van der Waals surface area contributed by atoms with Crippen LogP contribution in [0, 0.1) is 0 Å². The summed E-state index contributed by atoms with van der Waals surface area (Å²) in [6.45, 7) is 3.97. The molecular formula is C18H19ClO2. The summed E-state index contributed by atoms with van der Waals surface area (Å²) in [5, 5.41) is 10.1. The second-order valence-corrected chi connectivity index (χ2v) is 5.47. The summed E-state index contributed by atoms with van der Waals surface area (Å²) in [6.07, 6.45) is 1.39. The lowest BCUT2D eigenvalue weighted by molar-refractivity contribution is -0.138. The average molecular weight is 303 g/mol. The Labute approximate surface area is 130 Å².